The van der Waals surface area contributed by atoms with E-state index in [4.69, 9.17) is 9.83 Å². The Kier molecular flexibility index (Phi) is 2.93. The molecule has 1 aliphatic heterocycles. The maximum Gasteiger partial charge on any atom is 0.205 e. The number of hydrogen-bond acceptors (Lipinski definition) is 3. The van der Waals surface area contributed by atoms with E-state index in [9.17, 15) is 0 Å². The third-order valence-electron chi connectivity index (χ3n) is 3.84. The molecule has 0 saturated heterocycles. The van der Waals surface area contributed by atoms with Crippen molar-refractivity contribution in [1.82, 2.24) is 0 Å². The van der Waals surface area contributed by atoms with Crippen LogP contribution in [0.2, 0.25) is 0 Å². The number of furan rings is 1. The zero-order valence-electron chi connectivity index (χ0n) is 11.9. The lowest BCUT2D eigenvalue weighted by Gasteiger charge is -2.38. The molecule has 0 bridgehead atoms. The summed E-state index contributed by atoms with van der Waals surface area (Å²) >= 11 is 0. The second-order valence-electron chi connectivity index (χ2n) is 5.18. The first-order valence-electron chi connectivity index (χ1n) is 7.17. The highest BCUT2D eigenvalue weighted by molar-refractivity contribution is 6.12. The molecule has 3 aromatic rings. The van der Waals surface area contributed by atoms with E-state index in [2.05, 4.69) is 17.4 Å². The van der Waals surface area contributed by atoms with Gasteiger partial charge in [-0.3, -0.25) is 5.41 Å². The Labute approximate surface area is 128 Å². The van der Waals surface area contributed by atoms with Gasteiger partial charge in [-0.15, -0.1) is 0 Å². The van der Waals surface area contributed by atoms with Crippen LogP contribution in [-0.4, -0.2) is 5.84 Å². The number of hydrogen-bond donors (Lipinski definition) is 2. The van der Waals surface area contributed by atoms with Crippen LogP contribution in [0.3, 0.4) is 0 Å². The predicted octanol–water partition coefficient (Wildman–Crippen LogP) is 4.24. The lowest BCUT2D eigenvalue weighted by atomic mass is 10.1. The number of benzene rings is 2. The highest BCUT2D eigenvalue weighted by atomic mass is 16.3. The summed E-state index contributed by atoms with van der Waals surface area (Å²) in [6.45, 7) is 0. The highest BCUT2D eigenvalue weighted by Gasteiger charge is 2.33. The van der Waals surface area contributed by atoms with Gasteiger partial charge >= 0.3 is 0 Å². The molecule has 2 aromatic carbocycles. The molecule has 0 spiro atoms. The summed E-state index contributed by atoms with van der Waals surface area (Å²) < 4.78 is 5.48. The van der Waals surface area contributed by atoms with Crippen molar-refractivity contribution in [2.75, 3.05) is 10.2 Å². The molecule has 1 aromatic heterocycles. The molecule has 1 atom stereocenters. The standard InChI is InChI=1S/C18H15N3O/c19-16-15-11-12-22-18(15)20-17(13-7-3-1-4-8-13)21(16)14-9-5-2-6-10-14/h1-12,17,19-20H. The van der Waals surface area contributed by atoms with Crippen LogP contribution < -0.4 is 10.2 Å². The van der Waals surface area contributed by atoms with Gasteiger partial charge in [0.2, 0.25) is 5.88 Å². The third kappa shape index (κ3) is 1.97. The molecule has 108 valence electrons. The third-order valence-corrected chi connectivity index (χ3v) is 3.84. The van der Waals surface area contributed by atoms with E-state index in [1.54, 1.807) is 6.26 Å². The zero-order valence-corrected chi connectivity index (χ0v) is 11.9. The van der Waals surface area contributed by atoms with E-state index >= 15 is 0 Å². The molecule has 4 heteroatoms. The van der Waals surface area contributed by atoms with Gasteiger partial charge in [0, 0.05) is 5.69 Å². The van der Waals surface area contributed by atoms with Crippen molar-refractivity contribution in [1.29, 1.82) is 5.41 Å². The largest absolute Gasteiger partial charge is 0.448 e. The Morgan fingerprint density at radius 3 is 2.32 bits per heavy atom. The molecule has 22 heavy (non-hydrogen) atoms. The molecule has 0 radical (unpaired) electrons. The summed E-state index contributed by atoms with van der Waals surface area (Å²) in [5.74, 6) is 1.08. The fourth-order valence-electron chi connectivity index (χ4n) is 2.79. The smallest absolute Gasteiger partial charge is 0.205 e. The maximum absolute atomic E-state index is 8.59. The first kappa shape index (κ1) is 12.7. The Morgan fingerprint density at radius 1 is 0.909 bits per heavy atom. The Balaban J connectivity index is 1.86. The molecule has 4 rings (SSSR count). The molecular formula is C18H15N3O. The number of rotatable bonds is 2. The van der Waals surface area contributed by atoms with Crippen LogP contribution in [-0.2, 0) is 0 Å². The van der Waals surface area contributed by atoms with Crippen molar-refractivity contribution in [3.05, 3.63) is 84.1 Å². The van der Waals surface area contributed by atoms with Crippen LogP contribution in [0.5, 0.6) is 0 Å². The molecule has 0 fully saturated rings. The number of para-hydroxylation sites is 1. The molecule has 2 heterocycles. The van der Waals surface area contributed by atoms with Crippen LogP contribution in [0.15, 0.2) is 77.4 Å². The van der Waals surface area contributed by atoms with Gasteiger partial charge in [0.1, 0.15) is 12.0 Å². The van der Waals surface area contributed by atoms with Crippen LogP contribution in [0.4, 0.5) is 11.6 Å². The fourth-order valence-corrected chi connectivity index (χ4v) is 2.79. The van der Waals surface area contributed by atoms with E-state index in [1.807, 2.05) is 59.5 Å². The van der Waals surface area contributed by atoms with Crippen LogP contribution in [0, 0.1) is 5.41 Å². The SMILES string of the molecule is N=C1c2ccoc2NC(c2ccccc2)N1c1ccccc1. The monoisotopic (exact) mass is 289 g/mol. The molecule has 0 aliphatic carbocycles. The van der Waals surface area contributed by atoms with Crippen molar-refractivity contribution >= 4 is 17.4 Å². The summed E-state index contributed by atoms with van der Waals surface area (Å²) in [5.41, 5.74) is 2.83. The fraction of sp³-hybridized carbons (Fsp3) is 0.0556. The van der Waals surface area contributed by atoms with Crippen molar-refractivity contribution in [3.63, 3.8) is 0 Å². The lowest BCUT2D eigenvalue weighted by Crippen LogP contribution is -2.42. The summed E-state index contributed by atoms with van der Waals surface area (Å²) in [7, 11) is 0. The quantitative estimate of drug-likeness (QED) is 0.742. The number of amidine groups is 1. The average molecular weight is 289 g/mol. The molecule has 4 nitrogen and oxygen atoms in total. The van der Waals surface area contributed by atoms with E-state index in [-0.39, 0.29) is 6.17 Å². The molecule has 1 aliphatic rings. The number of fused-ring (bicyclic) bond motifs is 1. The normalized spacial score (nSPS) is 17.0. The van der Waals surface area contributed by atoms with E-state index in [0.717, 1.165) is 16.8 Å². The Morgan fingerprint density at radius 2 is 1.59 bits per heavy atom. The van der Waals surface area contributed by atoms with E-state index in [1.165, 1.54) is 0 Å². The average Bonchev–Trinajstić information content (AvgIpc) is 3.05. The number of anilines is 2. The van der Waals surface area contributed by atoms with Gasteiger partial charge in [-0.1, -0.05) is 48.5 Å². The summed E-state index contributed by atoms with van der Waals surface area (Å²) in [5, 5.41) is 12.0. The highest BCUT2D eigenvalue weighted by Crippen LogP contribution is 2.36. The maximum atomic E-state index is 8.59. The van der Waals surface area contributed by atoms with E-state index < -0.39 is 0 Å². The van der Waals surface area contributed by atoms with Gasteiger partial charge in [-0.05, 0) is 23.8 Å². The molecule has 0 saturated carbocycles. The minimum Gasteiger partial charge on any atom is -0.448 e. The van der Waals surface area contributed by atoms with E-state index in [0.29, 0.717) is 11.7 Å². The summed E-state index contributed by atoms with van der Waals surface area (Å²) in [4.78, 5) is 1.98. The van der Waals surface area contributed by atoms with Crippen LogP contribution in [0.25, 0.3) is 0 Å². The zero-order chi connectivity index (χ0) is 14.9. The molecule has 0 amide bonds. The van der Waals surface area contributed by atoms with Crippen LogP contribution >= 0.6 is 0 Å². The van der Waals surface area contributed by atoms with Gasteiger partial charge in [0.05, 0.1) is 11.8 Å². The second-order valence-corrected chi connectivity index (χ2v) is 5.18. The molecule has 1 unspecified atom stereocenters. The molecular weight excluding hydrogens is 274 g/mol. The number of nitrogens with zero attached hydrogens (tertiary/aromatic N) is 1. The van der Waals surface area contributed by atoms with Crippen molar-refractivity contribution in [2.24, 2.45) is 0 Å². The Bertz CT molecular complexity index is 795. The van der Waals surface area contributed by atoms with Gasteiger partial charge in [0.25, 0.3) is 0 Å². The van der Waals surface area contributed by atoms with Gasteiger partial charge < -0.3 is 14.6 Å². The minimum atomic E-state index is -0.172. The van der Waals surface area contributed by atoms with Gasteiger partial charge in [0.15, 0.2) is 0 Å². The Hall–Kier alpha value is -3.01. The topological polar surface area (TPSA) is 52.3 Å². The van der Waals surface area contributed by atoms with Gasteiger partial charge in [-0.25, -0.2) is 0 Å². The first-order chi connectivity index (χ1) is 10.8. The summed E-state index contributed by atoms with van der Waals surface area (Å²) in [6.07, 6.45) is 1.44. The second kappa shape index (κ2) is 5.07. The first-order valence-corrected chi connectivity index (χ1v) is 7.17. The number of nitrogens with one attached hydrogen (secondary N) is 2. The van der Waals surface area contributed by atoms with Crippen molar-refractivity contribution < 1.29 is 4.42 Å². The predicted molar refractivity (Wildman–Crippen MR) is 87.3 cm³/mol. The lowest BCUT2D eigenvalue weighted by molar-refractivity contribution is 0.564. The van der Waals surface area contributed by atoms with Crippen molar-refractivity contribution in [2.45, 2.75) is 6.17 Å². The summed E-state index contributed by atoms with van der Waals surface area (Å²) in [6, 6.07) is 21.9. The van der Waals surface area contributed by atoms with Crippen LogP contribution in [0.1, 0.15) is 17.3 Å². The van der Waals surface area contributed by atoms with Crippen molar-refractivity contribution in [3.8, 4) is 0 Å². The molecule has 2 N–H and O–H groups in total. The minimum absolute atomic E-state index is 0.172. The van der Waals surface area contributed by atoms with Gasteiger partial charge in [-0.2, -0.15) is 0 Å².